The molecule has 90 heavy (non-hydrogen) atoms. The Balaban J connectivity index is -0.000000458. The summed E-state index contributed by atoms with van der Waals surface area (Å²) < 4.78 is 22.5. The molecule has 4 aliphatic heterocycles. The van der Waals surface area contributed by atoms with Crippen LogP contribution in [0.15, 0.2) is 104 Å². The van der Waals surface area contributed by atoms with Crippen molar-refractivity contribution in [2.45, 2.75) is 134 Å². The van der Waals surface area contributed by atoms with E-state index in [0.29, 0.717) is 31.7 Å². The highest BCUT2D eigenvalue weighted by Crippen LogP contribution is 2.19. The number of methoxy groups -OCH3 is 2. The molecule has 3 N–H and O–H groups in total. The fourth-order valence-electron chi connectivity index (χ4n) is 7.84. The number of carbonyl (C=O) groups is 4. The molecule has 16 nitrogen and oxygen atoms in total. The number of aryl methyl sites for hydroxylation is 2. The lowest BCUT2D eigenvalue weighted by molar-refractivity contribution is -0.117. The van der Waals surface area contributed by atoms with E-state index in [9.17, 15) is 23.6 Å². The average molecular weight is 1280 g/mol. The molecule has 4 aromatic rings. The molecular weight excluding hydrogens is 1160 g/mol. The van der Waals surface area contributed by atoms with Crippen molar-refractivity contribution in [3.8, 4) is 12.3 Å². The first kappa shape index (κ1) is 90.5. The SMILES string of the molecule is C.C#CC.C=CC(=O)CC.CC(=O)Nc1cccc(C)c1.CCC(C)=O.CCN1CCCCC1.CCN1CCN(C)CC1.CN1CCCCC1.CN1CCN(C)CC1.CNC(=O)Nc1ccc(F)c(Cl)c1.COCc1cccc(C)c1.COCc1ccccn1. The van der Waals surface area contributed by atoms with Crippen LogP contribution in [0.25, 0.3) is 0 Å². The molecule has 1 aromatic heterocycles. The number of nitrogens with one attached hydrogen (secondary N) is 3. The molecule has 5 heterocycles. The number of piperidine rings is 2. The number of rotatable bonds is 11. The lowest BCUT2D eigenvalue weighted by Crippen LogP contribution is -2.44. The molecule has 4 saturated heterocycles. The molecule has 18 heteroatoms. The van der Waals surface area contributed by atoms with Gasteiger partial charge in [0.2, 0.25) is 5.91 Å². The number of ketones is 2. The van der Waals surface area contributed by atoms with E-state index in [1.54, 1.807) is 34.3 Å². The van der Waals surface area contributed by atoms with Crippen LogP contribution >= 0.6 is 11.6 Å². The lowest BCUT2D eigenvalue weighted by atomic mass is 10.1. The minimum absolute atomic E-state index is 0. The number of Topliss-reactive ketones (excluding diaryl/α,β-unsaturated/α-hetero) is 1. The number of amides is 3. The van der Waals surface area contributed by atoms with Gasteiger partial charge in [0.05, 0.1) is 23.9 Å². The zero-order valence-electron chi connectivity index (χ0n) is 57.8. The molecule has 4 aliphatic rings. The van der Waals surface area contributed by atoms with Gasteiger partial charge < -0.3 is 59.6 Å². The summed E-state index contributed by atoms with van der Waals surface area (Å²) in [6.07, 6.45) is 17.5. The van der Waals surface area contributed by atoms with Gasteiger partial charge in [-0.15, -0.1) is 12.3 Å². The van der Waals surface area contributed by atoms with E-state index >= 15 is 0 Å². The Kier molecular flexibility index (Phi) is 62.3. The van der Waals surface area contributed by atoms with E-state index in [1.165, 1.54) is 180 Å². The number of piperazine rings is 2. The van der Waals surface area contributed by atoms with Gasteiger partial charge in [-0.1, -0.05) is 114 Å². The largest absolute Gasteiger partial charge is 0.380 e. The molecular formula is C72H122ClFN10O6. The van der Waals surface area contributed by atoms with Crippen LogP contribution in [-0.4, -0.2) is 199 Å². The van der Waals surface area contributed by atoms with Crippen LogP contribution in [-0.2, 0) is 37.1 Å². The van der Waals surface area contributed by atoms with Crippen molar-refractivity contribution in [1.82, 2.24) is 39.7 Å². The Morgan fingerprint density at radius 1 is 0.633 bits per heavy atom. The molecule has 510 valence electrons. The van der Waals surface area contributed by atoms with E-state index in [2.05, 4.69) is 136 Å². The standard InChI is InChI=1S/C9H11NO.C9H12O.C8H8ClFN2O.C7H16N2.C7H9NO.C7H15N.C6H14N2.C6H13N.C5H8O.C4H8O.C3H4.CH4/c1-7-4-3-5-9(6-7)10-8(2)11;1-8-4-3-5-9(6-8)7-10-2;1-11-8(13)12-5-2-3-7(10)6(9)4-5;1-3-9-6-4-8(2)5-7-9;1-9-6-7-4-2-3-5-8-7;1-2-8-6-4-3-5-7-8;1-7-3-5-8(2)6-4-7;1-7-5-3-2-4-6-7;1-3-5(6)4-2;1-3-4(2)5;1-3-2;/h3-6H,1-2H3,(H,10,11);3-6H,7H2,1-2H3;2-4H,1H3,(H2,11,12,13);3-7H2,1-2H3;2-5H,6H2,1H3;2-7H2,1H3;3-6H2,1-2H3;2-6H2,1H3;3H,1,4H2,2H3;3H2,1-2H3;1H,2H3;1H4. The Hall–Kier alpha value is -5.91. The van der Waals surface area contributed by atoms with Crippen LogP contribution in [0, 0.1) is 32.0 Å². The lowest BCUT2D eigenvalue weighted by Gasteiger charge is -2.31. The molecule has 8 rings (SSSR count). The van der Waals surface area contributed by atoms with E-state index < -0.39 is 5.82 Å². The zero-order valence-corrected chi connectivity index (χ0v) is 58.6. The topological polar surface area (TPSA) is 155 Å². The van der Waals surface area contributed by atoms with Gasteiger partial charge in [0.1, 0.15) is 11.6 Å². The Labute approximate surface area is 552 Å². The van der Waals surface area contributed by atoms with E-state index in [1.807, 2.05) is 69.3 Å². The summed E-state index contributed by atoms with van der Waals surface area (Å²) in [5.41, 5.74) is 5.96. The van der Waals surface area contributed by atoms with Crippen LogP contribution < -0.4 is 16.0 Å². The molecule has 0 saturated carbocycles. The third-order valence-corrected chi connectivity index (χ3v) is 13.8. The molecule has 0 bridgehead atoms. The quantitative estimate of drug-likeness (QED) is 0.0965. The molecule has 0 spiro atoms. The van der Waals surface area contributed by atoms with Crippen molar-refractivity contribution in [2.75, 3.05) is 152 Å². The summed E-state index contributed by atoms with van der Waals surface area (Å²) in [5, 5.41) is 7.51. The minimum atomic E-state index is -0.510. The van der Waals surface area contributed by atoms with Crippen molar-refractivity contribution in [2.24, 2.45) is 0 Å². The van der Waals surface area contributed by atoms with Crippen LogP contribution in [0.2, 0.25) is 5.02 Å². The Bertz CT molecular complexity index is 2410. The molecule has 0 aliphatic carbocycles. The number of anilines is 2. The Morgan fingerprint density at radius 2 is 1.09 bits per heavy atom. The predicted molar refractivity (Wildman–Crippen MR) is 381 cm³/mol. The number of hydrogen-bond donors (Lipinski definition) is 3. The number of urea groups is 1. The van der Waals surface area contributed by atoms with E-state index in [0.717, 1.165) is 16.9 Å². The number of terminal acetylenes is 1. The number of allylic oxidation sites excluding steroid dienone is 1. The third kappa shape index (κ3) is 57.3. The van der Waals surface area contributed by atoms with Gasteiger partial charge in [0, 0.05) is 111 Å². The first-order valence-electron chi connectivity index (χ1n) is 31.4. The predicted octanol–water partition coefficient (Wildman–Crippen LogP) is 13.7. The van der Waals surface area contributed by atoms with Crippen molar-refractivity contribution < 1.29 is 33.0 Å². The molecule has 3 aromatic carbocycles. The number of ether oxygens (including phenoxy) is 2. The highest BCUT2D eigenvalue weighted by molar-refractivity contribution is 6.31. The first-order valence-corrected chi connectivity index (χ1v) is 31.8. The molecule has 0 atom stereocenters. The number of pyridine rings is 1. The monoisotopic (exact) mass is 1280 g/mol. The maximum absolute atomic E-state index is 12.7. The number of likely N-dealkylation sites (N-methyl/N-ethyl adjacent to an activating group) is 4. The third-order valence-electron chi connectivity index (χ3n) is 13.5. The summed E-state index contributed by atoms with van der Waals surface area (Å²) >= 11 is 5.49. The fraction of sp³-hybridized carbons (Fsp3) is 0.569. The van der Waals surface area contributed by atoms with Crippen LogP contribution in [0.3, 0.4) is 0 Å². The van der Waals surface area contributed by atoms with Crippen molar-refractivity contribution in [3.05, 3.63) is 137 Å². The van der Waals surface area contributed by atoms with Crippen LogP contribution in [0.5, 0.6) is 0 Å². The maximum atomic E-state index is 12.7. The van der Waals surface area contributed by atoms with Gasteiger partial charge in [0.25, 0.3) is 0 Å². The average Bonchev–Trinajstić information content (AvgIpc) is 3.63. The summed E-state index contributed by atoms with van der Waals surface area (Å²) in [4.78, 5) is 59.8. The zero-order chi connectivity index (χ0) is 67.6. The molecule has 0 radical (unpaired) electrons. The number of aromatic nitrogens is 1. The fourth-order valence-corrected chi connectivity index (χ4v) is 8.02. The number of benzene rings is 3. The highest BCUT2D eigenvalue weighted by atomic mass is 35.5. The molecule has 0 unspecified atom stereocenters. The van der Waals surface area contributed by atoms with Gasteiger partial charge >= 0.3 is 6.03 Å². The summed E-state index contributed by atoms with van der Waals surface area (Å²) in [7, 11) is 13.6. The minimum Gasteiger partial charge on any atom is -0.380 e. The van der Waals surface area contributed by atoms with Gasteiger partial charge in [0.15, 0.2) is 5.78 Å². The normalized spacial score (nSPS) is 14.4. The van der Waals surface area contributed by atoms with Crippen molar-refractivity contribution >= 4 is 46.5 Å². The van der Waals surface area contributed by atoms with Crippen LogP contribution in [0.1, 0.15) is 130 Å². The summed E-state index contributed by atoms with van der Waals surface area (Å²) in [5.74, 6) is 2.07. The number of nitrogens with zero attached hydrogens (tertiary/aromatic N) is 7. The second kappa shape index (κ2) is 61.9. The first-order chi connectivity index (χ1) is 42.5. The van der Waals surface area contributed by atoms with E-state index in [4.69, 9.17) is 21.1 Å². The number of halogens is 2. The van der Waals surface area contributed by atoms with Gasteiger partial charge in [-0.3, -0.25) is 14.6 Å². The second-order valence-corrected chi connectivity index (χ2v) is 22.0. The Morgan fingerprint density at radius 3 is 1.44 bits per heavy atom. The number of carbonyl (C=O) groups excluding carboxylic acids is 4. The smallest absolute Gasteiger partial charge is 0.318 e. The van der Waals surface area contributed by atoms with Gasteiger partial charge in [-0.25, -0.2) is 9.18 Å². The summed E-state index contributed by atoms with van der Waals surface area (Å²) in [6.45, 7) is 39.3. The van der Waals surface area contributed by atoms with Gasteiger partial charge in [-0.05, 0) is 181 Å². The number of likely N-dealkylation sites (tertiary alicyclic amines) is 2. The molecule has 3 amide bonds. The number of hydrogen-bond acceptors (Lipinski definition) is 13. The highest BCUT2D eigenvalue weighted by Gasteiger charge is 2.11. The van der Waals surface area contributed by atoms with Crippen molar-refractivity contribution in [1.29, 1.82) is 0 Å². The maximum Gasteiger partial charge on any atom is 0.318 e. The van der Waals surface area contributed by atoms with Gasteiger partial charge in [-0.2, -0.15) is 0 Å². The van der Waals surface area contributed by atoms with Crippen LogP contribution in [0.4, 0.5) is 20.6 Å². The summed E-state index contributed by atoms with van der Waals surface area (Å²) in [6, 6.07) is 25.4. The second-order valence-electron chi connectivity index (χ2n) is 21.6. The van der Waals surface area contributed by atoms with E-state index in [-0.39, 0.29) is 36.0 Å². The molecule has 4 fully saturated rings. The van der Waals surface area contributed by atoms with Crippen molar-refractivity contribution in [3.63, 3.8) is 0 Å².